The van der Waals surface area contributed by atoms with E-state index in [0.717, 1.165) is 18.6 Å². The lowest BCUT2D eigenvalue weighted by molar-refractivity contribution is -0.137. The first-order valence-corrected chi connectivity index (χ1v) is 10.3. The second kappa shape index (κ2) is 9.28. The van der Waals surface area contributed by atoms with Crippen LogP contribution in [0.3, 0.4) is 0 Å². The number of nitrogens with zero attached hydrogens (tertiary/aromatic N) is 1. The second-order valence-corrected chi connectivity index (χ2v) is 7.37. The number of benzene rings is 3. The Bertz CT molecular complexity index is 1220. The highest BCUT2D eigenvalue weighted by Gasteiger charge is 2.29. The maximum absolute atomic E-state index is 12.7. The van der Waals surface area contributed by atoms with Gasteiger partial charge in [0.2, 0.25) is 0 Å². The maximum Gasteiger partial charge on any atom is 0.416 e. The number of hydrogen-bond donors (Lipinski definition) is 2. The minimum atomic E-state index is -4.38. The third-order valence-electron chi connectivity index (χ3n) is 5.09. The average Bonchev–Trinajstić information content (AvgIpc) is 3.25. The van der Waals surface area contributed by atoms with Crippen molar-refractivity contribution < 1.29 is 27.8 Å². The molecule has 5 nitrogen and oxygen atoms in total. The third kappa shape index (κ3) is 5.28. The van der Waals surface area contributed by atoms with Crippen molar-refractivity contribution in [1.82, 2.24) is 10.2 Å². The maximum atomic E-state index is 12.7. The topological polar surface area (TPSA) is 67.4 Å². The van der Waals surface area contributed by atoms with Crippen LogP contribution in [-0.4, -0.2) is 15.3 Å². The van der Waals surface area contributed by atoms with Crippen molar-refractivity contribution in [3.8, 4) is 34.3 Å². The molecule has 0 saturated heterocycles. The van der Waals surface area contributed by atoms with Crippen LogP contribution >= 0.6 is 0 Å². The summed E-state index contributed by atoms with van der Waals surface area (Å²) in [6, 6.07) is 17.2. The van der Waals surface area contributed by atoms with E-state index >= 15 is 0 Å². The number of alkyl halides is 3. The van der Waals surface area contributed by atoms with Crippen LogP contribution in [0.2, 0.25) is 0 Å². The summed E-state index contributed by atoms with van der Waals surface area (Å²) < 4.78 is 49.6. The van der Waals surface area contributed by atoms with Gasteiger partial charge < -0.3 is 14.6 Å². The number of aromatic amines is 1. The molecule has 3 aromatic carbocycles. The third-order valence-corrected chi connectivity index (χ3v) is 5.09. The van der Waals surface area contributed by atoms with Crippen LogP contribution in [0.25, 0.3) is 11.3 Å². The van der Waals surface area contributed by atoms with Gasteiger partial charge in [-0.25, -0.2) is 0 Å². The number of ether oxygens (including phenoxy) is 2. The molecule has 0 fully saturated rings. The Kier molecular flexibility index (Phi) is 6.26. The molecule has 0 spiro atoms. The summed E-state index contributed by atoms with van der Waals surface area (Å²) in [5.41, 5.74) is 2.02. The Hall–Kier alpha value is -3.94. The summed E-state index contributed by atoms with van der Waals surface area (Å²) in [5.74, 6) is 1.41. The molecule has 0 aliphatic carbocycles. The lowest BCUT2D eigenvalue weighted by atomic mass is 10.1. The normalized spacial score (nSPS) is 11.4. The standard InChI is InChI=1S/C25H21F3N2O3/c1-2-16-5-9-19(10-6-16)33-23-14-29-30-24(23)21-12-11-20(13-22(21)31)32-15-17-3-7-18(8-4-17)25(26,27)28/h3-14,31H,2,15H2,1H3,(H,29,30). The summed E-state index contributed by atoms with van der Waals surface area (Å²) in [6.45, 7) is 2.13. The molecule has 0 atom stereocenters. The molecular weight excluding hydrogens is 433 g/mol. The van der Waals surface area contributed by atoms with Crippen LogP contribution in [0, 0.1) is 0 Å². The Balaban J connectivity index is 1.45. The highest BCUT2D eigenvalue weighted by molar-refractivity contribution is 5.73. The minimum Gasteiger partial charge on any atom is -0.507 e. The number of aromatic hydroxyl groups is 1. The van der Waals surface area contributed by atoms with Crippen LogP contribution in [-0.2, 0) is 19.2 Å². The largest absolute Gasteiger partial charge is 0.507 e. The Labute approximate surface area is 188 Å². The number of hydrogen-bond acceptors (Lipinski definition) is 4. The number of halogens is 3. The molecule has 1 heterocycles. The lowest BCUT2D eigenvalue weighted by Gasteiger charge is -2.11. The van der Waals surface area contributed by atoms with Gasteiger partial charge >= 0.3 is 6.18 Å². The number of nitrogens with one attached hydrogen (secondary N) is 1. The summed E-state index contributed by atoms with van der Waals surface area (Å²) >= 11 is 0. The monoisotopic (exact) mass is 454 g/mol. The van der Waals surface area contributed by atoms with Gasteiger partial charge in [0.15, 0.2) is 5.75 Å². The van der Waals surface area contributed by atoms with Crippen molar-refractivity contribution in [3.05, 3.63) is 89.6 Å². The number of phenols is 1. The van der Waals surface area contributed by atoms with Crippen LogP contribution < -0.4 is 9.47 Å². The number of aromatic nitrogens is 2. The number of H-pyrrole nitrogens is 1. The highest BCUT2D eigenvalue weighted by Crippen LogP contribution is 2.38. The predicted molar refractivity (Wildman–Crippen MR) is 117 cm³/mol. The molecule has 8 heteroatoms. The van der Waals surface area contributed by atoms with Crippen molar-refractivity contribution in [2.45, 2.75) is 26.1 Å². The minimum absolute atomic E-state index is 0.0586. The summed E-state index contributed by atoms with van der Waals surface area (Å²) in [5, 5.41) is 17.4. The van der Waals surface area contributed by atoms with E-state index in [1.165, 1.54) is 30.0 Å². The Morgan fingerprint density at radius 3 is 2.21 bits per heavy atom. The van der Waals surface area contributed by atoms with E-state index in [2.05, 4.69) is 17.1 Å². The number of aryl methyl sites for hydroxylation is 1. The average molecular weight is 454 g/mol. The van der Waals surface area contributed by atoms with E-state index in [1.807, 2.05) is 24.3 Å². The molecule has 2 N–H and O–H groups in total. The molecule has 0 aliphatic rings. The van der Waals surface area contributed by atoms with E-state index in [9.17, 15) is 18.3 Å². The van der Waals surface area contributed by atoms with Gasteiger partial charge in [-0.2, -0.15) is 18.3 Å². The van der Waals surface area contributed by atoms with Gasteiger partial charge in [-0.1, -0.05) is 31.2 Å². The van der Waals surface area contributed by atoms with Crippen LogP contribution in [0.1, 0.15) is 23.6 Å². The van der Waals surface area contributed by atoms with E-state index in [0.29, 0.717) is 34.1 Å². The van der Waals surface area contributed by atoms with Crippen molar-refractivity contribution in [2.75, 3.05) is 0 Å². The number of phenolic OH excluding ortho intramolecular Hbond substituents is 1. The second-order valence-electron chi connectivity index (χ2n) is 7.37. The Morgan fingerprint density at radius 2 is 1.58 bits per heavy atom. The van der Waals surface area contributed by atoms with Gasteiger partial charge in [0, 0.05) is 11.6 Å². The number of rotatable bonds is 7. The van der Waals surface area contributed by atoms with E-state index in [1.54, 1.807) is 12.1 Å². The van der Waals surface area contributed by atoms with Gasteiger partial charge in [-0.15, -0.1) is 0 Å². The lowest BCUT2D eigenvalue weighted by Crippen LogP contribution is -2.05. The van der Waals surface area contributed by atoms with Gasteiger partial charge in [0.05, 0.1) is 11.8 Å². The van der Waals surface area contributed by atoms with Crippen molar-refractivity contribution >= 4 is 0 Å². The molecule has 0 amide bonds. The fraction of sp³-hybridized carbons (Fsp3) is 0.160. The van der Waals surface area contributed by atoms with Crippen molar-refractivity contribution in [1.29, 1.82) is 0 Å². The van der Waals surface area contributed by atoms with E-state index < -0.39 is 11.7 Å². The highest BCUT2D eigenvalue weighted by atomic mass is 19.4. The first kappa shape index (κ1) is 22.3. The molecule has 0 saturated carbocycles. The Morgan fingerprint density at radius 1 is 0.909 bits per heavy atom. The van der Waals surface area contributed by atoms with E-state index in [4.69, 9.17) is 9.47 Å². The van der Waals surface area contributed by atoms with Crippen LogP contribution in [0.15, 0.2) is 72.9 Å². The molecule has 0 bridgehead atoms. The fourth-order valence-electron chi connectivity index (χ4n) is 3.23. The van der Waals surface area contributed by atoms with Crippen molar-refractivity contribution in [3.63, 3.8) is 0 Å². The molecule has 1 aromatic heterocycles. The molecule has 170 valence electrons. The quantitative estimate of drug-likeness (QED) is 0.325. The van der Waals surface area contributed by atoms with Gasteiger partial charge in [-0.05, 0) is 53.9 Å². The predicted octanol–water partition coefficient (Wildman–Crippen LogP) is 6.73. The molecule has 4 aromatic rings. The van der Waals surface area contributed by atoms with Gasteiger partial charge in [-0.3, -0.25) is 5.10 Å². The zero-order valence-electron chi connectivity index (χ0n) is 17.7. The molecule has 33 heavy (non-hydrogen) atoms. The zero-order chi connectivity index (χ0) is 23.4. The first-order chi connectivity index (χ1) is 15.8. The van der Waals surface area contributed by atoms with E-state index in [-0.39, 0.29) is 12.4 Å². The smallest absolute Gasteiger partial charge is 0.416 e. The van der Waals surface area contributed by atoms with Gasteiger partial charge in [0.25, 0.3) is 0 Å². The molecule has 0 aliphatic heterocycles. The zero-order valence-corrected chi connectivity index (χ0v) is 17.7. The molecule has 4 rings (SSSR count). The molecule has 0 unspecified atom stereocenters. The van der Waals surface area contributed by atoms with Crippen LogP contribution in [0.5, 0.6) is 23.0 Å². The van der Waals surface area contributed by atoms with Gasteiger partial charge in [0.1, 0.15) is 29.5 Å². The van der Waals surface area contributed by atoms with Crippen LogP contribution in [0.4, 0.5) is 13.2 Å². The molecule has 0 radical (unpaired) electrons. The summed E-state index contributed by atoms with van der Waals surface area (Å²) in [6.07, 6.45) is -1.93. The first-order valence-electron chi connectivity index (χ1n) is 10.3. The fourth-order valence-corrected chi connectivity index (χ4v) is 3.23. The SMILES string of the molecule is CCc1ccc(Oc2cn[nH]c2-c2ccc(OCc3ccc(C(F)(F)F)cc3)cc2O)cc1. The summed E-state index contributed by atoms with van der Waals surface area (Å²) in [7, 11) is 0. The summed E-state index contributed by atoms with van der Waals surface area (Å²) in [4.78, 5) is 0. The van der Waals surface area contributed by atoms with Crippen molar-refractivity contribution in [2.24, 2.45) is 0 Å². The molecular formula is C25H21F3N2O3.